The fraction of sp³-hybridized carbons (Fsp3) is 0.382. The van der Waals surface area contributed by atoms with Crippen molar-refractivity contribution in [3.8, 4) is 11.3 Å². The van der Waals surface area contributed by atoms with Gasteiger partial charge in [-0.25, -0.2) is 4.98 Å². The predicted molar refractivity (Wildman–Crippen MR) is 171 cm³/mol. The number of nitrogens with one attached hydrogen (secondary N) is 1. The van der Waals surface area contributed by atoms with Gasteiger partial charge in [0.1, 0.15) is 5.52 Å². The molecule has 1 atom stereocenters. The maximum Gasteiger partial charge on any atom is 0.416 e. The van der Waals surface area contributed by atoms with E-state index in [2.05, 4.69) is 36.0 Å². The van der Waals surface area contributed by atoms with Crippen molar-refractivity contribution in [2.75, 3.05) is 39.4 Å². The van der Waals surface area contributed by atoms with E-state index in [1.807, 2.05) is 37.3 Å². The van der Waals surface area contributed by atoms with Gasteiger partial charge in [-0.3, -0.25) is 19.6 Å². The molecule has 45 heavy (non-hydrogen) atoms. The van der Waals surface area contributed by atoms with Crippen molar-refractivity contribution in [2.24, 2.45) is 0 Å². The van der Waals surface area contributed by atoms with Crippen molar-refractivity contribution < 1.29 is 22.7 Å². The second-order valence-electron chi connectivity index (χ2n) is 11.7. The largest absolute Gasteiger partial charge is 0.416 e. The molecule has 0 spiro atoms. The van der Waals surface area contributed by atoms with E-state index in [-0.39, 0.29) is 11.9 Å². The van der Waals surface area contributed by atoms with Gasteiger partial charge in [0.25, 0.3) is 5.91 Å². The first-order valence-electron chi connectivity index (χ1n) is 15.2. The van der Waals surface area contributed by atoms with E-state index in [0.29, 0.717) is 50.5 Å². The minimum atomic E-state index is -4.52. The molecule has 4 heterocycles. The number of aromatic nitrogens is 2. The molecule has 2 aliphatic rings. The van der Waals surface area contributed by atoms with Gasteiger partial charge in [0.15, 0.2) is 0 Å². The molecule has 2 saturated heterocycles. The molecule has 2 aromatic heterocycles. The number of hydrogen-bond donors (Lipinski definition) is 1. The number of carbonyl (C=O) groups is 1. The number of rotatable bonds is 7. The van der Waals surface area contributed by atoms with E-state index in [9.17, 15) is 18.0 Å². The van der Waals surface area contributed by atoms with Crippen LogP contribution in [0.1, 0.15) is 52.9 Å². The number of pyridine rings is 2. The highest BCUT2D eigenvalue weighted by atomic mass is 79.9. The molecule has 236 valence electrons. The van der Waals surface area contributed by atoms with Crippen LogP contribution in [-0.4, -0.2) is 71.1 Å². The summed E-state index contributed by atoms with van der Waals surface area (Å²) < 4.78 is 47.7. The van der Waals surface area contributed by atoms with Crippen LogP contribution in [0.5, 0.6) is 0 Å². The average Bonchev–Trinajstić information content (AvgIpc) is 3.05. The number of halogens is 4. The molecule has 6 rings (SSSR count). The third-order valence-electron chi connectivity index (χ3n) is 8.73. The van der Waals surface area contributed by atoms with Crippen LogP contribution in [-0.2, 0) is 17.5 Å². The van der Waals surface area contributed by atoms with Gasteiger partial charge in [0.2, 0.25) is 0 Å². The van der Waals surface area contributed by atoms with Crippen LogP contribution in [0.15, 0.2) is 71.3 Å². The Balaban J connectivity index is 1.43. The SMILES string of the molecule is C[C@H](NC(=O)c1c(CN2CCC(N3CCOCC3)CC2)c(-c2cccc(C(F)(F)F)c2)nc2cc(Br)cnc12)c1ccccc1. The van der Waals surface area contributed by atoms with Crippen LogP contribution in [0.3, 0.4) is 0 Å². The van der Waals surface area contributed by atoms with Crippen molar-refractivity contribution in [1.82, 2.24) is 25.1 Å². The summed E-state index contributed by atoms with van der Waals surface area (Å²) in [5.74, 6) is -0.347. The van der Waals surface area contributed by atoms with Crippen LogP contribution >= 0.6 is 15.9 Å². The molecular formula is C34H35BrF3N5O2. The van der Waals surface area contributed by atoms with Crippen molar-refractivity contribution in [1.29, 1.82) is 0 Å². The monoisotopic (exact) mass is 681 g/mol. The summed E-state index contributed by atoms with van der Waals surface area (Å²) >= 11 is 3.45. The number of ether oxygens (including phenoxy) is 1. The Morgan fingerprint density at radius 2 is 1.78 bits per heavy atom. The Morgan fingerprint density at radius 3 is 2.49 bits per heavy atom. The van der Waals surface area contributed by atoms with Gasteiger partial charge in [-0.1, -0.05) is 42.5 Å². The van der Waals surface area contributed by atoms with Crippen molar-refractivity contribution in [3.63, 3.8) is 0 Å². The second-order valence-corrected chi connectivity index (χ2v) is 12.6. The Morgan fingerprint density at radius 1 is 1.04 bits per heavy atom. The number of piperidine rings is 1. The van der Waals surface area contributed by atoms with Gasteiger partial charge >= 0.3 is 6.18 Å². The van der Waals surface area contributed by atoms with E-state index in [0.717, 1.165) is 69.9 Å². The Hall–Kier alpha value is -3.38. The van der Waals surface area contributed by atoms with E-state index < -0.39 is 11.7 Å². The number of amides is 1. The fourth-order valence-electron chi connectivity index (χ4n) is 6.34. The normalized spacial score (nSPS) is 17.8. The number of nitrogens with zero attached hydrogens (tertiary/aromatic N) is 4. The summed E-state index contributed by atoms with van der Waals surface area (Å²) in [7, 11) is 0. The molecule has 0 aliphatic carbocycles. The maximum atomic E-state index is 14.3. The molecule has 1 amide bonds. The molecule has 0 radical (unpaired) electrons. The summed E-state index contributed by atoms with van der Waals surface area (Å²) in [5, 5.41) is 3.13. The lowest BCUT2D eigenvalue weighted by Gasteiger charge is -2.40. The second kappa shape index (κ2) is 13.5. The van der Waals surface area contributed by atoms with E-state index in [4.69, 9.17) is 9.72 Å². The van der Waals surface area contributed by atoms with Gasteiger partial charge in [-0.2, -0.15) is 13.2 Å². The summed E-state index contributed by atoms with van der Waals surface area (Å²) in [4.78, 5) is 28.5. The standard InChI is InChI=1S/C34H35BrF3N5O2/c1-22(23-6-3-2-4-7-23)40-33(44)30-28(21-42-12-10-27(11-13-42)43-14-16-45-17-15-43)31(41-29-19-26(35)20-39-32(29)30)24-8-5-9-25(18-24)34(36,37)38/h2-9,18-20,22,27H,10-17,21H2,1H3,(H,40,44)/t22-/m0/s1. The fourth-order valence-corrected chi connectivity index (χ4v) is 6.66. The Labute approximate surface area is 268 Å². The highest BCUT2D eigenvalue weighted by molar-refractivity contribution is 9.10. The molecule has 0 unspecified atom stereocenters. The Kier molecular flexibility index (Phi) is 9.51. The quantitative estimate of drug-likeness (QED) is 0.230. The van der Waals surface area contributed by atoms with Crippen molar-refractivity contribution in [3.05, 3.63) is 93.6 Å². The smallest absolute Gasteiger partial charge is 0.379 e. The zero-order chi connectivity index (χ0) is 31.6. The zero-order valence-electron chi connectivity index (χ0n) is 25.0. The highest BCUT2D eigenvalue weighted by Gasteiger charge is 2.33. The first kappa shape index (κ1) is 31.6. The van der Waals surface area contributed by atoms with E-state index in [1.54, 1.807) is 18.3 Å². The molecule has 0 bridgehead atoms. The lowest BCUT2D eigenvalue weighted by molar-refractivity contribution is -0.137. The lowest BCUT2D eigenvalue weighted by atomic mass is 9.95. The number of benzene rings is 2. The first-order valence-corrected chi connectivity index (χ1v) is 16.0. The number of hydrogen-bond acceptors (Lipinski definition) is 6. The van der Waals surface area contributed by atoms with Crippen LogP contribution in [0.2, 0.25) is 0 Å². The summed E-state index contributed by atoms with van der Waals surface area (Å²) in [6.07, 6.45) is -0.997. The van der Waals surface area contributed by atoms with E-state index >= 15 is 0 Å². The molecule has 2 aliphatic heterocycles. The molecule has 4 aromatic rings. The number of carbonyl (C=O) groups excluding carboxylic acids is 1. The summed E-state index contributed by atoms with van der Waals surface area (Å²) in [5.41, 5.74) is 2.54. The van der Waals surface area contributed by atoms with Gasteiger partial charge < -0.3 is 10.1 Å². The predicted octanol–water partition coefficient (Wildman–Crippen LogP) is 6.87. The summed E-state index contributed by atoms with van der Waals surface area (Å²) in [6, 6.07) is 16.7. The third-order valence-corrected chi connectivity index (χ3v) is 9.16. The summed E-state index contributed by atoms with van der Waals surface area (Å²) in [6.45, 7) is 7.16. The number of likely N-dealkylation sites (tertiary alicyclic amines) is 1. The number of alkyl halides is 3. The zero-order valence-corrected chi connectivity index (χ0v) is 26.6. The van der Waals surface area contributed by atoms with E-state index in [1.165, 1.54) is 6.07 Å². The van der Waals surface area contributed by atoms with Crippen molar-refractivity contribution >= 4 is 32.9 Å². The third kappa shape index (κ3) is 7.22. The molecule has 2 aromatic carbocycles. The molecule has 2 fully saturated rings. The van der Waals surface area contributed by atoms with Crippen molar-refractivity contribution in [2.45, 2.75) is 44.6 Å². The molecule has 11 heteroatoms. The minimum absolute atomic E-state index is 0.301. The first-order chi connectivity index (χ1) is 21.7. The van der Waals surface area contributed by atoms with Gasteiger partial charge in [-0.05, 0) is 72.5 Å². The molecular weight excluding hydrogens is 647 g/mol. The van der Waals surface area contributed by atoms with Crippen LogP contribution in [0, 0.1) is 0 Å². The lowest BCUT2D eigenvalue weighted by Crippen LogP contribution is -2.48. The number of fused-ring (bicyclic) bond motifs is 1. The van der Waals surface area contributed by atoms with Crippen LogP contribution < -0.4 is 5.32 Å². The topological polar surface area (TPSA) is 70.6 Å². The molecule has 0 saturated carbocycles. The Bertz CT molecular complexity index is 1660. The minimum Gasteiger partial charge on any atom is -0.379 e. The maximum absolute atomic E-state index is 14.3. The molecule has 1 N–H and O–H groups in total. The van der Waals surface area contributed by atoms with Crippen LogP contribution in [0.25, 0.3) is 22.3 Å². The average molecular weight is 683 g/mol. The highest BCUT2D eigenvalue weighted by Crippen LogP contribution is 2.36. The van der Waals surface area contributed by atoms with Crippen LogP contribution in [0.4, 0.5) is 13.2 Å². The number of morpholine rings is 1. The van der Waals surface area contributed by atoms with Gasteiger partial charge in [-0.15, -0.1) is 0 Å². The molecule has 7 nitrogen and oxygen atoms in total. The van der Waals surface area contributed by atoms with Gasteiger partial charge in [0, 0.05) is 47.5 Å². The van der Waals surface area contributed by atoms with Gasteiger partial charge in [0.05, 0.1) is 41.6 Å².